The van der Waals surface area contributed by atoms with Gasteiger partial charge in [0.2, 0.25) is 0 Å². The number of halogens is 1. The van der Waals surface area contributed by atoms with Gasteiger partial charge in [-0.15, -0.1) is 0 Å². The summed E-state index contributed by atoms with van der Waals surface area (Å²) in [5, 5.41) is 6.85. The molecular weight excluding hydrogens is 466 g/mol. The van der Waals surface area contributed by atoms with Crippen LogP contribution in [-0.4, -0.2) is 95.6 Å². The number of fused-ring (bicyclic) bond motifs is 1. The first-order chi connectivity index (χ1) is 15.6. The molecule has 12 heteroatoms. The molecule has 1 aromatic rings. The number of aromatic nitrogens is 2. The van der Waals surface area contributed by atoms with Crippen molar-refractivity contribution in [2.45, 2.75) is 51.0 Å². The van der Waals surface area contributed by atoms with Crippen molar-refractivity contribution in [1.82, 2.24) is 25.1 Å². The van der Waals surface area contributed by atoms with E-state index in [0.29, 0.717) is 36.3 Å². The summed E-state index contributed by atoms with van der Waals surface area (Å²) in [5.41, 5.74) is -0.0416. The molecule has 2 aliphatic heterocycles. The van der Waals surface area contributed by atoms with Gasteiger partial charge in [0.25, 0.3) is 5.91 Å². The van der Waals surface area contributed by atoms with Gasteiger partial charge in [0, 0.05) is 45.0 Å². The third-order valence-electron chi connectivity index (χ3n) is 5.20. The molecule has 10 nitrogen and oxygen atoms in total. The first-order valence-corrected chi connectivity index (χ1v) is 12.6. The number of piperazine rings is 1. The van der Waals surface area contributed by atoms with Gasteiger partial charge in [-0.3, -0.25) is 4.79 Å². The highest BCUT2D eigenvalue weighted by Crippen LogP contribution is 2.39. The molecule has 0 bridgehead atoms. The summed E-state index contributed by atoms with van der Waals surface area (Å²) in [4.78, 5) is 40.5. The summed E-state index contributed by atoms with van der Waals surface area (Å²) in [7, 11) is 2.05. The Hall–Kier alpha value is -1.98. The average Bonchev–Trinajstić information content (AvgIpc) is 3.10. The maximum atomic E-state index is 13.4. The Morgan fingerprint density at radius 3 is 2.58 bits per heavy atom. The second-order valence-electron chi connectivity index (χ2n) is 9.14. The molecule has 0 aromatic carbocycles. The number of alkyl carbamates (subject to hydrolysis) is 1. The van der Waals surface area contributed by atoms with Crippen molar-refractivity contribution in [3.8, 4) is 0 Å². The Morgan fingerprint density at radius 1 is 1.24 bits per heavy atom. The maximum Gasteiger partial charge on any atom is 0.407 e. The van der Waals surface area contributed by atoms with E-state index < -0.39 is 17.9 Å². The van der Waals surface area contributed by atoms with E-state index in [1.54, 1.807) is 0 Å². The standard InChI is InChI=1S/C21H34ClN7O3S/c1-6-13-33-19-25-15(22)14-16(26-19)29(8-7-23-20(31)32-21(2,3)4)17(24-14)18(30)28-11-9-27(5)10-12-28/h17,24H,6-13H2,1-5H3,(H,23,31). The lowest BCUT2D eigenvalue weighted by Gasteiger charge is -2.36. The first-order valence-electron chi connectivity index (χ1n) is 11.3. The van der Waals surface area contributed by atoms with Gasteiger partial charge in [0.1, 0.15) is 11.3 Å². The molecule has 0 saturated carbocycles. The number of thioether (sulfide) groups is 1. The molecule has 2 amide bonds. The molecule has 33 heavy (non-hydrogen) atoms. The molecule has 3 rings (SSSR count). The highest BCUT2D eigenvalue weighted by Gasteiger charge is 2.40. The van der Waals surface area contributed by atoms with Gasteiger partial charge in [0.05, 0.1) is 0 Å². The second kappa shape index (κ2) is 11.0. The number of ether oxygens (including phenoxy) is 1. The number of anilines is 2. The number of nitrogens with zero attached hydrogens (tertiary/aromatic N) is 5. The van der Waals surface area contributed by atoms with E-state index >= 15 is 0 Å². The van der Waals surface area contributed by atoms with E-state index in [4.69, 9.17) is 16.3 Å². The topological polar surface area (TPSA) is 103 Å². The largest absolute Gasteiger partial charge is 0.444 e. The van der Waals surface area contributed by atoms with E-state index in [-0.39, 0.29) is 17.6 Å². The number of hydrogen-bond acceptors (Lipinski definition) is 9. The van der Waals surface area contributed by atoms with Crippen molar-refractivity contribution < 1.29 is 14.3 Å². The molecule has 0 spiro atoms. The van der Waals surface area contributed by atoms with Gasteiger partial charge < -0.3 is 30.1 Å². The van der Waals surface area contributed by atoms with Crippen molar-refractivity contribution in [2.75, 3.05) is 62.3 Å². The highest BCUT2D eigenvalue weighted by atomic mass is 35.5. The fourth-order valence-electron chi connectivity index (χ4n) is 3.55. The maximum absolute atomic E-state index is 13.4. The Morgan fingerprint density at radius 2 is 1.94 bits per heavy atom. The van der Waals surface area contributed by atoms with Crippen LogP contribution in [0.3, 0.4) is 0 Å². The lowest BCUT2D eigenvalue weighted by atomic mass is 10.2. The Labute approximate surface area is 204 Å². The van der Waals surface area contributed by atoms with E-state index in [2.05, 4.69) is 32.4 Å². The van der Waals surface area contributed by atoms with Gasteiger partial charge in [-0.1, -0.05) is 30.3 Å². The highest BCUT2D eigenvalue weighted by molar-refractivity contribution is 7.99. The molecule has 2 aliphatic rings. The summed E-state index contributed by atoms with van der Waals surface area (Å²) in [6, 6.07) is 0. The predicted molar refractivity (Wildman–Crippen MR) is 131 cm³/mol. The zero-order chi connectivity index (χ0) is 24.2. The summed E-state index contributed by atoms with van der Waals surface area (Å²) >= 11 is 8.00. The molecule has 3 heterocycles. The minimum atomic E-state index is -0.665. The van der Waals surface area contributed by atoms with E-state index in [9.17, 15) is 9.59 Å². The quantitative estimate of drug-likeness (QED) is 0.332. The average molecular weight is 500 g/mol. The van der Waals surface area contributed by atoms with Crippen LogP contribution in [0.2, 0.25) is 5.15 Å². The fourth-order valence-corrected chi connectivity index (χ4v) is 4.52. The molecular formula is C21H34ClN7O3S. The number of rotatable bonds is 7. The minimum absolute atomic E-state index is 0.0443. The molecule has 1 fully saturated rings. The summed E-state index contributed by atoms with van der Waals surface area (Å²) in [6.07, 6.45) is -0.187. The number of nitrogens with one attached hydrogen (secondary N) is 2. The third-order valence-corrected chi connectivity index (χ3v) is 6.52. The normalized spacial score (nSPS) is 18.7. The summed E-state index contributed by atoms with van der Waals surface area (Å²) in [5.74, 6) is 1.40. The lowest BCUT2D eigenvalue weighted by Crippen LogP contribution is -2.56. The smallest absolute Gasteiger partial charge is 0.407 e. The fraction of sp³-hybridized carbons (Fsp3) is 0.714. The zero-order valence-corrected chi connectivity index (χ0v) is 21.6. The molecule has 0 radical (unpaired) electrons. The second-order valence-corrected chi connectivity index (χ2v) is 10.6. The van der Waals surface area contributed by atoms with Crippen LogP contribution in [0.4, 0.5) is 16.3 Å². The van der Waals surface area contributed by atoms with Gasteiger partial charge in [0.15, 0.2) is 22.3 Å². The number of likely N-dealkylation sites (N-methyl/N-ethyl adjacent to an activating group) is 1. The number of carbonyl (C=O) groups is 2. The lowest BCUT2D eigenvalue weighted by molar-refractivity contribution is -0.133. The van der Waals surface area contributed by atoms with E-state index in [0.717, 1.165) is 25.3 Å². The SMILES string of the molecule is CCCSc1nc(Cl)c2c(n1)N(CCNC(=O)OC(C)(C)C)C(C(=O)N1CCN(C)CC1)N2. The molecule has 184 valence electrons. The molecule has 1 unspecified atom stereocenters. The van der Waals surface area contributed by atoms with Crippen LogP contribution in [0.1, 0.15) is 34.1 Å². The van der Waals surface area contributed by atoms with Crippen molar-refractivity contribution >= 4 is 46.9 Å². The van der Waals surface area contributed by atoms with Crippen LogP contribution in [0.15, 0.2) is 5.16 Å². The minimum Gasteiger partial charge on any atom is -0.444 e. The molecule has 2 N–H and O–H groups in total. The molecule has 1 atom stereocenters. The van der Waals surface area contributed by atoms with Gasteiger partial charge >= 0.3 is 6.09 Å². The monoisotopic (exact) mass is 499 g/mol. The van der Waals surface area contributed by atoms with Crippen LogP contribution in [0.5, 0.6) is 0 Å². The molecule has 1 aromatic heterocycles. The Kier molecular flexibility index (Phi) is 8.52. The van der Waals surface area contributed by atoms with Crippen LogP contribution in [0, 0.1) is 0 Å². The predicted octanol–water partition coefficient (Wildman–Crippen LogP) is 2.49. The van der Waals surface area contributed by atoms with Gasteiger partial charge in [-0.05, 0) is 34.2 Å². The van der Waals surface area contributed by atoms with Crippen LogP contribution >= 0.6 is 23.4 Å². The summed E-state index contributed by atoms with van der Waals surface area (Å²) in [6.45, 7) is 11.1. The first kappa shape index (κ1) is 25.6. The van der Waals surface area contributed by atoms with E-state index in [1.807, 2.05) is 37.6 Å². The molecule has 0 aliphatic carbocycles. The summed E-state index contributed by atoms with van der Waals surface area (Å²) < 4.78 is 5.32. The van der Waals surface area contributed by atoms with Gasteiger partial charge in [-0.2, -0.15) is 0 Å². The number of hydrogen-bond donors (Lipinski definition) is 2. The van der Waals surface area contributed by atoms with E-state index in [1.165, 1.54) is 11.8 Å². The van der Waals surface area contributed by atoms with Crippen molar-refractivity contribution in [3.63, 3.8) is 0 Å². The Balaban J connectivity index is 1.78. The Bertz CT molecular complexity index is 859. The van der Waals surface area contributed by atoms with Crippen LogP contribution < -0.4 is 15.5 Å². The zero-order valence-electron chi connectivity index (χ0n) is 20.0. The van der Waals surface area contributed by atoms with Crippen LogP contribution in [-0.2, 0) is 9.53 Å². The number of carbonyl (C=O) groups excluding carboxylic acids is 2. The number of amides is 2. The van der Waals surface area contributed by atoms with Crippen molar-refractivity contribution in [1.29, 1.82) is 0 Å². The van der Waals surface area contributed by atoms with Crippen molar-refractivity contribution in [2.24, 2.45) is 0 Å². The van der Waals surface area contributed by atoms with Gasteiger partial charge in [-0.25, -0.2) is 14.8 Å². The van der Waals surface area contributed by atoms with Crippen molar-refractivity contribution in [3.05, 3.63) is 5.15 Å². The van der Waals surface area contributed by atoms with Crippen LogP contribution in [0.25, 0.3) is 0 Å². The third kappa shape index (κ3) is 6.77. The molecule has 1 saturated heterocycles.